The highest BCUT2D eigenvalue weighted by atomic mass is 28.3. The van der Waals surface area contributed by atoms with Gasteiger partial charge < -0.3 is 24.3 Å². The van der Waals surface area contributed by atoms with Crippen molar-refractivity contribution in [3.63, 3.8) is 0 Å². The highest BCUT2D eigenvalue weighted by molar-refractivity contribution is 6.76. The molecule has 1 unspecified atom stereocenters. The molecule has 1 fully saturated rings. The second kappa shape index (κ2) is 8.14. The molecule has 0 amide bonds. The highest BCUT2D eigenvalue weighted by Gasteiger charge is 2.32. The molecule has 0 saturated carbocycles. The zero-order valence-electron chi connectivity index (χ0n) is 17.7. The maximum Gasteiger partial charge on any atom is 0.143 e. The first-order valence-corrected chi connectivity index (χ1v) is 14.2. The van der Waals surface area contributed by atoms with Crippen LogP contribution >= 0.6 is 0 Å². The van der Waals surface area contributed by atoms with Crippen molar-refractivity contribution in [3.8, 4) is 0 Å². The van der Waals surface area contributed by atoms with Crippen LogP contribution in [0, 0.1) is 5.92 Å². The van der Waals surface area contributed by atoms with Gasteiger partial charge >= 0.3 is 0 Å². The standard InChI is InChI=1S/C21H34N4O2Si/c1-16-5-7-22-12-19(16)25-15-27-13-17-11-23-21-18(20(17)25)6-8-24(21)14-26-9-10-28(2,3)4/h6,8,11,16,19,22H,5,7,9-10,12-15H2,1-4H3/t16-,19?/m1/s1. The van der Waals surface area contributed by atoms with Crippen LogP contribution in [0.2, 0.25) is 25.7 Å². The molecule has 0 spiro atoms. The number of fused-ring (bicyclic) bond motifs is 3. The van der Waals surface area contributed by atoms with Crippen LogP contribution in [0.15, 0.2) is 18.5 Å². The minimum absolute atomic E-state index is 0.453. The molecule has 1 saturated heterocycles. The van der Waals surface area contributed by atoms with E-state index in [1.807, 2.05) is 6.20 Å². The second-order valence-corrected chi connectivity index (χ2v) is 15.1. The smallest absolute Gasteiger partial charge is 0.143 e. The summed E-state index contributed by atoms with van der Waals surface area (Å²) in [4.78, 5) is 7.20. The van der Waals surface area contributed by atoms with Gasteiger partial charge in [0.1, 0.15) is 19.1 Å². The number of rotatable bonds is 6. The third-order valence-corrected chi connectivity index (χ3v) is 7.73. The normalized spacial score (nSPS) is 23.2. The monoisotopic (exact) mass is 402 g/mol. The first-order chi connectivity index (χ1) is 13.4. The van der Waals surface area contributed by atoms with Crippen molar-refractivity contribution >= 4 is 24.8 Å². The van der Waals surface area contributed by atoms with Crippen molar-refractivity contribution in [2.24, 2.45) is 5.92 Å². The predicted octanol–water partition coefficient (Wildman–Crippen LogP) is 3.64. The van der Waals surface area contributed by atoms with Crippen molar-refractivity contribution in [3.05, 3.63) is 24.0 Å². The molecule has 2 aromatic heterocycles. The molecule has 4 rings (SSSR count). The molecule has 4 heterocycles. The van der Waals surface area contributed by atoms with Crippen molar-refractivity contribution in [1.29, 1.82) is 0 Å². The average Bonchev–Trinajstić information content (AvgIpc) is 3.08. The van der Waals surface area contributed by atoms with E-state index >= 15 is 0 Å². The molecule has 0 aromatic carbocycles. The van der Waals surface area contributed by atoms with E-state index in [-0.39, 0.29) is 0 Å². The Morgan fingerprint density at radius 3 is 3.00 bits per heavy atom. The lowest BCUT2D eigenvalue weighted by Gasteiger charge is -2.43. The lowest BCUT2D eigenvalue weighted by atomic mass is 9.92. The van der Waals surface area contributed by atoms with Gasteiger partial charge in [-0.1, -0.05) is 26.6 Å². The molecule has 0 aliphatic carbocycles. The molecule has 2 aromatic rings. The Bertz CT molecular complexity index is 817. The van der Waals surface area contributed by atoms with E-state index in [1.165, 1.54) is 29.1 Å². The van der Waals surface area contributed by atoms with E-state index in [2.05, 4.69) is 53.6 Å². The predicted molar refractivity (Wildman–Crippen MR) is 116 cm³/mol. The summed E-state index contributed by atoms with van der Waals surface area (Å²) >= 11 is 0. The average molecular weight is 403 g/mol. The van der Waals surface area contributed by atoms with Gasteiger partial charge in [0.2, 0.25) is 0 Å². The maximum atomic E-state index is 5.98. The summed E-state index contributed by atoms with van der Waals surface area (Å²) in [5, 5.41) is 4.77. The van der Waals surface area contributed by atoms with Crippen LogP contribution in [0.5, 0.6) is 0 Å². The Morgan fingerprint density at radius 1 is 1.36 bits per heavy atom. The summed E-state index contributed by atoms with van der Waals surface area (Å²) in [6.45, 7) is 14.3. The van der Waals surface area contributed by atoms with Gasteiger partial charge in [-0.25, -0.2) is 4.98 Å². The number of hydrogen-bond donors (Lipinski definition) is 1. The van der Waals surface area contributed by atoms with Gasteiger partial charge in [0, 0.05) is 50.6 Å². The third-order valence-electron chi connectivity index (χ3n) is 6.03. The number of nitrogens with zero attached hydrogens (tertiary/aromatic N) is 3. The zero-order chi connectivity index (χ0) is 19.7. The number of pyridine rings is 1. The fraction of sp³-hybridized carbons (Fsp3) is 0.667. The fourth-order valence-electron chi connectivity index (χ4n) is 4.23. The van der Waals surface area contributed by atoms with Crippen LogP contribution in [0.4, 0.5) is 5.69 Å². The van der Waals surface area contributed by atoms with Gasteiger partial charge in [0.15, 0.2) is 0 Å². The summed E-state index contributed by atoms with van der Waals surface area (Å²) in [6.07, 6.45) is 5.31. The van der Waals surface area contributed by atoms with E-state index in [0.717, 1.165) is 25.3 Å². The van der Waals surface area contributed by atoms with Crippen molar-refractivity contribution in [2.75, 3.05) is 31.3 Å². The highest BCUT2D eigenvalue weighted by Crippen LogP contribution is 2.36. The van der Waals surface area contributed by atoms with Crippen molar-refractivity contribution < 1.29 is 9.47 Å². The topological polar surface area (TPSA) is 51.5 Å². The maximum absolute atomic E-state index is 5.98. The number of nitrogens with one attached hydrogen (secondary N) is 1. The minimum Gasteiger partial charge on any atom is -0.361 e. The summed E-state index contributed by atoms with van der Waals surface area (Å²) < 4.78 is 14.0. The molecule has 2 aliphatic rings. The van der Waals surface area contributed by atoms with E-state index in [0.29, 0.717) is 32.0 Å². The van der Waals surface area contributed by atoms with Gasteiger partial charge in [-0.3, -0.25) is 0 Å². The molecule has 0 radical (unpaired) electrons. The molecule has 7 heteroatoms. The second-order valence-electron chi connectivity index (χ2n) is 9.49. The Morgan fingerprint density at radius 2 is 2.21 bits per heavy atom. The largest absolute Gasteiger partial charge is 0.361 e. The van der Waals surface area contributed by atoms with Crippen LogP contribution in [-0.2, 0) is 22.8 Å². The van der Waals surface area contributed by atoms with Gasteiger partial charge in [0.05, 0.1) is 12.3 Å². The first-order valence-electron chi connectivity index (χ1n) is 10.5. The summed E-state index contributed by atoms with van der Waals surface area (Å²) in [7, 11) is -1.06. The third kappa shape index (κ3) is 4.12. The van der Waals surface area contributed by atoms with Gasteiger partial charge in [-0.2, -0.15) is 0 Å². The van der Waals surface area contributed by atoms with E-state index < -0.39 is 8.07 Å². The summed E-state index contributed by atoms with van der Waals surface area (Å²) in [5.74, 6) is 0.644. The number of piperidine rings is 1. The number of ether oxygens (including phenoxy) is 2. The Balaban J connectivity index is 1.58. The van der Waals surface area contributed by atoms with Crippen LogP contribution in [0.3, 0.4) is 0 Å². The molecule has 2 atom stereocenters. The van der Waals surface area contributed by atoms with E-state index in [9.17, 15) is 0 Å². The molecular weight excluding hydrogens is 368 g/mol. The Kier molecular flexibility index (Phi) is 5.78. The minimum atomic E-state index is -1.06. The molecule has 0 bridgehead atoms. The molecule has 1 N–H and O–H groups in total. The lowest BCUT2D eigenvalue weighted by Crippen LogP contribution is -2.52. The van der Waals surface area contributed by atoms with E-state index in [1.54, 1.807) is 0 Å². The number of anilines is 1. The Labute approximate surface area is 169 Å². The number of aromatic nitrogens is 2. The number of hydrogen-bond acceptors (Lipinski definition) is 5. The van der Waals surface area contributed by atoms with Gasteiger partial charge in [-0.05, 0) is 31.0 Å². The van der Waals surface area contributed by atoms with E-state index in [4.69, 9.17) is 14.5 Å². The molecule has 28 heavy (non-hydrogen) atoms. The van der Waals surface area contributed by atoms with Gasteiger partial charge in [-0.15, -0.1) is 0 Å². The van der Waals surface area contributed by atoms with Crippen molar-refractivity contribution in [1.82, 2.24) is 14.9 Å². The van der Waals surface area contributed by atoms with Crippen LogP contribution in [0.1, 0.15) is 18.9 Å². The molecule has 6 nitrogen and oxygen atoms in total. The summed E-state index contributed by atoms with van der Waals surface area (Å²) in [6, 6.07) is 3.84. The van der Waals surface area contributed by atoms with Gasteiger partial charge in [0.25, 0.3) is 0 Å². The quantitative estimate of drug-likeness (QED) is 0.590. The molecule has 154 valence electrons. The zero-order valence-corrected chi connectivity index (χ0v) is 18.7. The fourth-order valence-corrected chi connectivity index (χ4v) is 4.98. The van der Waals surface area contributed by atoms with Crippen LogP contribution < -0.4 is 10.2 Å². The Hall–Kier alpha value is -1.41. The lowest BCUT2D eigenvalue weighted by molar-refractivity contribution is 0.0897. The van der Waals surface area contributed by atoms with Crippen LogP contribution in [-0.4, -0.2) is 50.1 Å². The van der Waals surface area contributed by atoms with Crippen molar-refractivity contribution in [2.45, 2.75) is 58.4 Å². The molecule has 2 aliphatic heterocycles. The summed E-state index contributed by atoms with van der Waals surface area (Å²) in [5.41, 5.74) is 3.50. The first kappa shape index (κ1) is 19.9. The molecular formula is C21H34N4O2Si. The SMILES string of the molecule is C[C@@H]1CCNCC1N1COCc2cnc3c(ccn3COCC[Si](C)(C)C)c21. The van der Waals surface area contributed by atoms with Crippen LogP contribution in [0.25, 0.3) is 11.0 Å².